The molecule has 24 heavy (non-hydrogen) atoms. The summed E-state index contributed by atoms with van der Waals surface area (Å²) in [5.74, 6) is 1.13. The highest BCUT2D eigenvalue weighted by molar-refractivity contribution is 5.22. The van der Waals surface area contributed by atoms with Crippen LogP contribution in [0.5, 0.6) is 0 Å². The summed E-state index contributed by atoms with van der Waals surface area (Å²) in [7, 11) is 0. The van der Waals surface area contributed by atoms with Crippen molar-refractivity contribution < 1.29 is 4.74 Å². The van der Waals surface area contributed by atoms with E-state index in [1.807, 2.05) is 0 Å². The van der Waals surface area contributed by atoms with Crippen LogP contribution >= 0.6 is 0 Å². The zero-order chi connectivity index (χ0) is 16.5. The van der Waals surface area contributed by atoms with Gasteiger partial charge in [-0.15, -0.1) is 0 Å². The van der Waals surface area contributed by atoms with Crippen LogP contribution in [0.2, 0.25) is 0 Å². The van der Waals surface area contributed by atoms with Crippen molar-refractivity contribution in [3.05, 3.63) is 33.7 Å². The summed E-state index contributed by atoms with van der Waals surface area (Å²) in [6, 6.07) is 4.29. The van der Waals surface area contributed by atoms with Crippen LogP contribution in [0.4, 0.5) is 0 Å². The molecule has 2 saturated heterocycles. The summed E-state index contributed by atoms with van der Waals surface area (Å²) in [6.07, 6.45) is 3.80. The van der Waals surface area contributed by atoms with Gasteiger partial charge < -0.3 is 14.6 Å². The number of nitrogens with one attached hydrogen (secondary N) is 1. The third-order valence-electron chi connectivity index (χ3n) is 5.92. The number of ether oxygens (including phenoxy) is 1. The molecule has 1 aromatic heterocycles. The number of nitrogens with zero attached hydrogens (tertiary/aromatic N) is 2. The smallest absolute Gasteiger partial charge is 0.255 e. The van der Waals surface area contributed by atoms with Crippen molar-refractivity contribution in [1.82, 2.24) is 14.8 Å². The summed E-state index contributed by atoms with van der Waals surface area (Å²) >= 11 is 0. The highest BCUT2D eigenvalue weighted by Gasteiger charge is 2.31. The Kier molecular flexibility index (Phi) is 4.74. The molecule has 5 nitrogen and oxygen atoms in total. The van der Waals surface area contributed by atoms with Crippen molar-refractivity contribution in [3.63, 3.8) is 0 Å². The lowest BCUT2D eigenvalue weighted by Crippen LogP contribution is -2.46. The lowest BCUT2D eigenvalue weighted by Gasteiger charge is -2.38. The highest BCUT2D eigenvalue weighted by Crippen LogP contribution is 2.31. The van der Waals surface area contributed by atoms with E-state index < -0.39 is 0 Å². The molecular weight excluding hydrogens is 302 g/mol. The Morgan fingerprint density at radius 2 is 2.08 bits per heavy atom. The van der Waals surface area contributed by atoms with E-state index in [-0.39, 0.29) is 5.56 Å². The van der Waals surface area contributed by atoms with E-state index in [1.165, 1.54) is 12.1 Å². The molecule has 3 aliphatic heterocycles. The van der Waals surface area contributed by atoms with Crippen LogP contribution in [0.3, 0.4) is 0 Å². The van der Waals surface area contributed by atoms with Crippen LogP contribution in [0.25, 0.3) is 0 Å². The zero-order valence-corrected chi connectivity index (χ0v) is 14.7. The van der Waals surface area contributed by atoms with Crippen LogP contribution in [-0.2, 0) is 17.8 Å². The number of likely N-dealkylation sites (tertiary alicyclic amines) is 1. The predicted octanol–water partition coefficient (Wildman–Crippen LogP) is 1.56. The number of rotatable bonds is 4. The van der Waals surface area contributed by atoms with Crippen LogP contribution in [0, 0.1) is 5.92 Å². The van der Waals surface area contributed by atoms with E-state index in [2.05, 4.69) is 33.8 Å². The van der Waals surface area contributed by atoms with Gasteiger partial charge in [-0.3, -0.25) is 9.69 Å². The lowest BCUT2D eigenvalue weighted by molar-refractivity contribution is 0.0124. The quantitative estimate of drug-likeness (QED) is 0.909. The molecule has 5 heteroatoms. The summed E-state index contributed by atoms with van der Waals surface area (Å²) in [5, 5.41) is 3.51. The Labute approximate surface area is 144 Å². The number of fused-ring (bicyclic) bond motifs is 4. The normalized spacial score (nSPS) is 27.9. The molecule has 0 unspecified atom stereocenters. The molecule has 0 spiro atoms. The first-order valence-corrected chi connectivity index (χ1v) is 9.52. The summed E-state index contributed by atoms with van der Waals surface area (Å²) < 4.78 is 7.79. The molecule has 0 aliphatic carbocycles. The van der Waals surface area contributed by atoms with Gasteiger partial charge in [0.05, 0.1) is 6.10 Å². The molecule has 0 saturated carbocycles. The van der Waals surface area contributed by atoms with Gasteiger partial charge in [-0.25, -0.2) is 0 Å². The van der Waals surface area contributed by atoms with Crippen molar-refractivity contribution in [3.8, 4) is 0 Å². The summed E-state index contributed by atoms with van der Waals surface area (Å²) in [4.78, 5) is 15.4. The van der Waals surface area contributed by atoms with Gasteiger partial charge >= 0.3 is 0 Å². The van der Waals surface area contributed by atoms with Gasteiger partial charge in [0.25, 0.3) is 5.56 Å². The topological polar surface area (TPSA) is 46.5 Å². The number of hydrogen-bond donors (Lipinski definition) is 1. The number of aromatic nitrogens is 1. The van der Waals surface area contributed by atoms with Crippen molar-refractivity contribution in [2.45, 2.75) is 51.3 Å². The molecular formula is C19H29N3O2. The average molecular weight is 331 g/mol. The Morgan fingerprint density at radius 1 is 1.25 bits per heavy atom. The van der Waals surface area contributed by atoms with Crippen LogP contribution in [0.15, 0.2) is 16.9 Å². The van der Waals surface area contributed by atoms with E-state index in [9.17, 15) is 4.79 Å². The minimum absolute atomic E-state index is 0.246. The van der Waals surface area contributed by atoms with Crippen molar-refractivity contribution in [1.29, 1.82) is 0 Å². The monoisotopic (exact) mass is 331 g/mol. The Bertz CT molecular complexity index is 634. The minimum atomic E-state index is 0.246. The third-order valence-corrected chi connectivity index (χ3v) is 5.92. The molecule has 2 fully saturated rings. The van der Waals surface area contributed by atoms with E-state index in [0.29, 0.717) is 17.9 Å². The zero-order valence-electron chi connectivity index (χ0n) is 14.7. The van der Waals surface area contributed by atoms with Crippen molar-refractivity contribution in [2.75, 3.05) is 32.8 Å². The third kappa shape index (κ3) is 3.17. The number of pyridine rings is 1. The fraction of sp³-hybridized carbons (Fsp3) is 0.737. The lowest BCUT2D eigenvalue weighted by atomic mass is 9.84. The van der Waals surface area contributed by atoms with Gasteiger partial charge in [0.15, 0.2) is 0 Å². The fourth-order valence-corrected chi connectivity index (χ4v) is 4.67. The van der Waals surface area contributed by atoms with Gasteiger partial charge in [0.2, 0.25) is 0 Å². The fourth-order valence-electron chi connectivity index (χ4n) is 4.67. The predicted molar refractivity (Wildman–Crippen MR) is 94.3 cm³/mol. The first-order chi connectivity index (χ1) is 11.7. The van der Waals surface area contributed by atoms with Crippen molar-refractivity contribution in [2.24, 2.45) is 5.92 Å². The molecule has 1 N–H and O–H groups in total. The van der Waals surface area contributed by atoms with E-state index in [1.54, 1.807) is 0 Å². The first kappa shape index (κ1) is 16.3. The molecule has 4 rings (SSSR count). The second-order valence-electron chi connectivity index (χ2n) is 7.59. The highest BCUT2D eigenvalue weighted by atomic mass is 16.5. The Balaban J connectivity index is 1.47. The maximum absolute atomic E-state index is 13.0. The first-order valence-electron chi connectivity index (χ1n) is 9.52. The van der Waals surface area contributed by atoms with Crippen LogP contribution in [0.1, 0.15) is 43.4 Å². The molecule has 0 radical (unpaired) electrons. The van der Waals surface area contributed by atoms with Crippen LogP contribution < -0.4 is 10.9 Å². The minimum Gasteiger partial charge on any atom is -0.378 e. The molecule has 0 aromatic carbocycles. The van der Waals surface area contributed by atoms with E-state index in [0.717, 1.165) is 64.3 Å². The molecule has 0 amide bonds. The SMILES string of the molecule is CCOC1CCN(Cc2ccc3n(c2=O)C[C@@H]2CNC[C@H]3C2)CC1. The van der Waals surface area contributed by atoms with Gasteiger partial charge in [-0.1, -0.05) is 6.07 Å². The number of piperidine rings is 2. The molecule has 1 aromatic rings. The second kappa shape index (κ2) is 6.98. The van der Waals surface area contributed by atoms with Crippen LogP contribution in [-0.4, -0.2) is 48.4 Å². The van der Waals surface area contributed by atoms with Gasteiger partial charge in [0.1, 0.15) is 0 Å². The Morgan fingerprint density at radius 3 is 2.88 bits per heavy atom. The van der Waals surface area contributed by atoms with Gasteiger partial charge in [0, 0.05) is 56.5 Å². The molecule has 3 aliphatic rings. The maximum atomic E-state index is 13.0. The molecule has 132 valence electrons. The second-order valence-corrected chi connectivity index (χ2v) is 7.59. The molecule has 2 atom stereocenters. The number of hydrogen-bond acceptors (Lipinski definition) is 4. The Hall–Kier alpha value is -1.17. The summed E-state index contributed by atoms with van der Waals surface area (Å²) in [5.41, 5.74) is 2.44. The maximum Gasteiger partial charge on any atom is 0.255 e. The van der Waals surface area contributed by atoms with E-state index in [4.69, 9.17) is 4.74 Å². The van der Waals surface area contributed by atoms with Gasteiger partial charge in [-0.05, 0) is 44.7 Å². The molecule has 2 bridgehead atoms. The molecule has 4 heterocycles. The average Bonchev–Trinajstić information content (AvgIpc) is 2.60. The van der Waals surface area contributed by atoms with Gasteiger partial charge in [-0.2, -0.15) is 0 Å². The standard InChI is InChI=1S/C19H29N3O2/c1-2-24-17-5-7-21(8-6-17)13-15-3-4-18-16-9-14(10-20-11-16)12-22(18)19(15)23/h3-4,14,16-17,20H,2,5-13H2,1H3/t14-,16+/m0/s1. The largest absolute Gasteiger partial charge is 0.378 e. The van der Waals surface area contributed by atoms with Crippen molar-refractivity contribution >= 4 is 0 Å². The summed E-state index contributed by atoms with van der Waals surface area (Å²) in [6.45, 7) is 8.66. The van der Waals surface area contributed by atoms with E-state index >= 15 is 0 Å².